The molecule has 0 fully saturated rings. The lowest BCUT2D eigenvalue weighted by molar-refractivity contribution is 0.0849. The molecule has 1 aliphatic heterocycles. The van der Waals surface area contributed by atoms with Gasteiger partial charge in [0.2, 0.25) is 0 Å². The number of ether oxygens (including phenoxy) is 2. The lowest BCUT2D eigenvalue weighted by atomic mass is 10.1. The zero-order chi connectivity index (χ0) is 10.7. The molecule has 2 rings (SSSR count). The number of benzene rings is 1. The maximum Gasteiger partial charge on any atom is 0.167 e. The van der Waals surface area contributed by atoms with Gasteiger partial charge < -0.3 is 14.3 Å². The number of hydrogen-bond donors (Lipinski definition) is 1. The average Bonchev–Trinajstić information content (AvgIpc) is 2.28. The van der Waals surface area contributed by atoms with Crippen molar-refractivity contribution in [3.63, 3.8) is 0 Å². The molecule has 1 aromatic carbocycles. The van der Waals surface area contributed by atoms with Gasteiger partial charge in [0.25, 0.3) is 0 Å². The minimum atomic E-state index is 0.488. The second-order valence-corrected chi connectivity index (χ2v) is 3.48. The van der Waals surface area contributed by atoms with Crippen molar-refractivity contribution in [1.29, 1.82) is 0 Å². The lowest BCUT2D eigenvalue weighted by Gasteiger charge is -2.21. The van der Waals surface area contributed by atoms with Crippen LogP contribution in [0.1, 0.15) is 5.56 Å². The first-order valence-corrected chi connectivity index (χ1v) is 5.03. The van der Waals surface area contributed by atoms with Crippen molar-refractivity contribution in [3.8, 4) is 11.5 Å². The third kappa shape index (κ3) is 2.17. The first-order valence-electron chi connectivity index (χ1n) is 4.65. The molecular formula is C10H12ClNO3. The molecule has 0 saturated heterocycles. The summed E-state index contributed by atoms with van der Waals surface area (Å²) in [5.41, 5.74) is 3.59. The van der Waals surface area contributed by atoms with Gasteiger partial charge in [0.05, 0.1) is 13.7 Å². The van der Waals surface area contributed by atoms with Crippen molar-refractivity contribution >= 4 is 11.6 Å². The van der Waals surface area contributed by atoms with E-state index in [1.54, 1.807) is 13.2 Å². The van der Waals surface area contributed by atoms with Crippen molar-refractivity contribution in [3.05, 3.63) is 22.7 Å². The number of hydroxylamine groups is 1. The molecule has 0 unspecified atom stereocenters. The lowest BCUT2D eigenvalue weighted by Crippen LogP contribution is -2.19. The van der Waals surface area contributed by atoms with Crippen LogP contribution >= 0.6 is 11.6 Å². The Labute approximate surface area is 93.0 Å². The second-order valence-electron chi connectivity index (χ2n) is 3.08. The van der Waals surface area contributed by atoms with Crippen LogP contribution in [0.15, 0.2) is 12.1 Å². The molecule has 1 aliphatic rings. The van der Waals surface area contributed by atoms with E-state index in [1.165, 1.54) is 0 Å². The topological polar surface area (TPSA) is 39.7 Å². The Bertz CT molecular complexity index is 357. The fourth-order valence-corrected chi connectivity index (χ4v) is 1.67. The Morgan fingerprint density at radius 1 is 1.40 bits per heavy atom. The SMILES string of the molecule is CONCc1c(Cl)ccc2c1OCCO2. The van der Waals surface area contributed by atoms with Crippen molar-refractivity contribution in [1.82, 2.24) is 5.48 Å². The van der Waals surface area contributed by atoms with Crippen LogP contribution < -0.4 is 15.0 Å². The highest BCUT2D eigenvalue weighted by atomic mass is 35.5. The van der Waals surface area contributed by atoms with Crippen LogP contribution in [-0.4, -0.2) is 20.3 Å². The van der Waals surface area contributed by atoms with Crippen LogP contribution in [0, 0.1) is 0 Å². The van der Waals surface area contributed by atoms with Crippen molar-refractivity contribution in [2.24, 2.45) is 0 Å². The molecule has 1 N–H and O–H groups in total. The van der Waals surface area contributed by atoms with Crippen LogP contribution in [-0.2, 0) is 11.4 Å². The van der Waals surface area contributed by atoms with Gasteiger partial charge >= 0.3 is 0 Å². The highest BCUT2D eigenvalue weighted by Gasteiger charge is 2.18. The molecule has 0 bridgehead atoms. The summed E-state index contributed by atoms with van der Waals surface area (Å²) in [4.78, 5) is 4.79. The number of halogens is 1. The van der Waals surface area contributed by atoms with E-state index in [-0.39, 0.29) is 0 Å². The third-order valence-electron chi connectivity index (χ3n) is 2.15. The Kier molecular flexibility index (Phi) is 3.30. The van der Waals surface area contributed by atoms with E-state index in [1.807, 2.05) is 6.07 Å². The average molecular weight is 230 g/mol. The zero-order valence-corrected chi connectivity index (χ0v) is 9.13. The van der Waals surface area contributed by atoms with Gasteiger partial charge in [-0.2, -0.15) is 5.48 Å². The normalized spacial score (nSPS) is 14.0. The number of fused-ring (bicyclic) bond motifs is 1. The maximum absolute atomic E-state index is 6.07. The molecule has 0 radical (unpaired) electrons. The quantitative estimate of drug-likeness (QED) is 0.802. The summed E-state index contributed by atoms with van der Waals surface area (Å²) in [7, 11) is 1.56. The van der Waals surface area contributed by atoms with Gasteiger partial charge in [0.1, 0.15) is 13.2 Å². The summed E-state index contributed by atoms with van der Waals surface area (Å²) >= 11 is 6.07. The molecule has 1 aromatic rings. The van der Waals surface area contributed by atoms with Crippen molar-refractivity contribution in [2.45, 2.75) is 6.54 Å². The van der Waals surface area contributed by atoms with Gasteiger partial charge in [-0.15, -0.1) is 0 Å². The van der Waals surface area contributed by atoms with E-state index in [2.05, 4.69) is 5.48 Å². The van der Waals surface area contributed by atoms with Crippen LogP contribution in [0.4, 0.5) is 0 Å². The first kappa shape index (κ1) is 10.5. The molecule has 15 heavy (non-hydrogen) atoms. The van der Waals surface area contributed by atoms with Crippen molar-refractivity contribution < 1.29 is 14.3 Å². The van der Waals surface area contributed by atoms with E-state index in [4.69, 9.17) is 25.9 Å². The Hall–Kier alpha value is -0.970. The predicted octanol–water partition coefficient (Wildman–Crippen LogP) is 1.76. The molecule has 0 aromatic heterocycles. The van der Waals surface area contributed by atoms with Gasteiger partial charge in [0, 0.05) is 10.6 Å². The van der Waals surface area contributed by atoms with E-state index < -0.39 is 0 Å². The minimum absolute atomic E-state index is 0.488. The summed E-state index contributed by atoms with van der Waals surface area (Å²) in [6.45, 7) is 1.61. The fraction of sp³-hybridized carbons (Fsp3) is 0.400. The molecule has 0 atom stereocenters. The Morgan fingerprint density at radius 2 is 2.20 bits per heavy atom. The van der Waals surface area contributed by atoms with Gasteiger partial charge in [0.15, 0.2) is 11.5 Å². The first-order chi connectivity index (χ1) is 7.33. The largest absolute Gasteiger partial charge is 0.486 e. The summed E-state index contributed by atoms with van der Waals surface area (Å²) in [6, 6.07) is 3.61. The van der Waals surface area contributed by atoms with Crippen LogP contribution in [0.3, 0.4) is 0 Å². The van der Waals surface area contributed by atoms with E-state index >= 15 is 0 Å². The number of rotatable bonds is 3. The molecule has 0 amide bonds. The van der Waals surface area contributed by atoms with E-state index in [0.29, 0.717) is 30.5 Å². The highest BCUT2D eigenvalue weighted by Crippen LogP contribution is 2.37. The molecule has 4 nitrogen and oxygen atoms in total. The Morgan fingerprint density at radius 3 is 3.00 bits per heavy atom. The van der Waals surface area contributed by atoms with Crippen LogP contribution in [0.25, 0.3) is 0 Å². The molecule has 0 saturated carbocycles. The molecular weight excluding hydrogens is 218 g/mol. The van der Waals surface area contributed by atoms with Gasteiger partial charge in [-0.05, 0) is 12.1 Å². The summed E-state index contributed by atoms with van der Waals surface area (Å²) in [5, 5.41) is 0.642. The summed E-state index contributed by atoms with van der Waals surface area (Å²) < 4.78 is 11.0. The molecule has 82 valence electrons. The van der Waals surface area contributed by atoms with Crippen molar-refractivity contribution in [2.75, 3.05) is 20.3 Å². The van der Waals surface area contributed by atoms with E-state index in [9.17, 15) is 0 Å². The van der Waals surface area contributed by atoms with Crippen LogP contribution in [0.2, 0.25) is 5.02 Å². The van der Waals surface area contributed by atoms with Gasteiger partial charge in [-0.25, -0.2) is 0 Å². The second kappa shape index (κ2) is 4.70. The third-order valence-corrected chi connectivity index (χ3v) is 2.50. The van der Waals surface area contributed by atoms with E-state index in [0.717, 1.165) is 11.3 Å². The van der Waals surface area contributed by atoms with Gasteiger partial charge in [-0.3, -0.25) is 0 Å². The highest BCUT2D eigenvalue weighted by molar-refractivity contribution is 6.31. The van der Waals surface area contributed by atoms with Gasteiger partial charge in [-0.1, -0.05) is 11.6 Å². The minimum Gasteiger partial charge on any atom is -0.486 e. The van der Waals surface area contributed by atoms with Crippen LogP contribution in [0.5, 0.6) is 11.5 Å². The predicted molar refractivity (Wildman–Crippen MR) is 56.3 cm³/mol. The number of hydrogen-bond acceptors (Lipinski definition) is 4. The molecule has 0 spiro atoms. The molecule has 1 heterocycles. The zero-order valence-electron chi connectivity index (χ0n) is 8.38. The molecule has 0 aliphatic carbocycles. The monoisotopic (exact) mass is 229 g/mol. The smallest absolute Gasteiger partial charge is 0.167 e. The Balaban J connectivity index is 2.32. The number of nitrogens with one attached hydrogen (secondary N) is 1. The maximum atomic E-state index is 6.07. The fourth-order valence-electron chi connectivity index (χ4n) is 1.46. The summed E-state index contributed by atoms with van der Waals surface area (Å²) in [6.07, 6.45) is 0. The standard InChI is InChI=1S/C10H12ClNO3/c1-13-12-6-7-8(11)2-3-9-10(7)15-5-4-14-9/h2-3,12H,4-6H2,1H3. The molecule has 5 heteroatoms. The summed E-state index contributed by atoms with van der Waals surface area (Å²) in [5.74, 6) is 1.44.